The molecule has 0 saturated heterocycles. The molecular weight excluding hydrogens is 458 g/mol. The van der Waals surface area contributed by atoms with E-state index in [0.717, 1.165) is 26.2 Å². The molecule has 0 spiro atoms. The zero-order valence-electron chi connectivity index (χ0n) is 21.1. The molecule has 0 fully saturated rings. The molecular formula is C27H33N5O4. The van der Waals surface area contributed by atoms with E-state index in [1.807, 2.05) is 14.1 Å². The molecule has 0 bridgehead atoms. The standard InChI is InChI=1S/C27H33N5O4/c1-28(12-14-29(2)16-18-31-24(33)20-8-4-5-9-21(20)25(31)34)13-15-30(3)17-19-32-26(35)22-10-6-7-11-23(22)27(32)36/h4-11H,12-19H2,1-3H3. The molecule has 0 unspecified atom stereocenters. The molecule has 0 atom stereocenters. The van der Waals surface area contributed by atoms with Gasteiger partial charge in [-0.15, -0.1) is 0 Å². The van der Waals surface area contributed by atoms with Gasteiger partial charge in [0.1, 0.15) is 0 Å². The van der Waals surface area contributed by atoms with Gasteiger partial charge in [0, 0.05) is 52.4 Å². The zero-order chi connectivity index (χ0) is 25.8. The first-order chi connectivity index (χ1) is 17.3. The second-order valence-corrected chi connectivity index (χ2v) is 9.52. The Kier molecular flexibility index (Phi) is 7.93. The molecule has 2 aromatic rings. The van der Waals surface area contributed by atoms with Crippen LogP contribution in [0.1, 0.15) is 41.4 Å². The Bertz CT molecular complexity index is 1010. The van der Waals surface area contributed by atoms with Gasteiger partial charge >= 0.3 is 0 Å². The third-order valence-electron chi connectivity index (χ3n) is 6.89. The first-order valence-electron chi connectivity index (χ1n) is 12.2. The number of likely N-dealkylation sites (N-methyl/N-ethyl adjacent to an activating group) is 3. The van der Waals surface area contributed by atoms with Crippen molar-refractivity contribution in [2.75, 3.05) is 73.5 Å². The highest BCUT2D eigenvalue weighted by Gasteiger charge is 2.35. The smallest absolute Gasteiger partial charge is 0.261 e. The molecule has 9 nitrogen and oxygen atoms in total. The van der Waals surface area contributed by atoms with Crippen LogP contribution < -0.4 is 0 Å². The lowest BCUT2D eigenvalue weighted by Crippen LogP contribution is -2.41. The Morgan fingerprint density at radius 2 is 0.722 bits per heavy atom. The first-order valence-corrected chi connectivity index (χ1v) is 12.2. The van der Waals surface area contributed by atoms with Crippen LogP contribution in [0.5, 0.6) is 0 Å². The van der Waals surface area contributed by atoms with Gasteiger partial charge in [-0.25, -0.2) is 0 Å². The van der Waals surface area contributed by atoms with E-state index in [-0.39, 0.29) is 23.6 Å². The van der Waals surface area contributed by atoms with Crippen LogP contribution in [-0.4, -0.2) is 122 Å². The molecule has 0 saturated carbocycles. The Labute approximate surface area is 211 Å². The molecule has 2 aliphatic heterocycles. The third-order valence-corrected chi connectivity index (χ3v) is 6.89. The van der Waals surface area contributed by atoms with Crippen LogP contribution in [0.25, 0.3) is 0 Å². The van der Waals surface area contributed by atoms with Crippen molar-refractivity contribution in [1.82, 2.24) is 24.5 Å². The van der Waals surface area contributed by atoms with Gasteiger partial charge in [0.25, 0.3) is 23.6 Å². The fourth-order valence-corrected chi connectivity index (χ4v) is 4.44. The average molecular weight is 492 g/mol. The third kappa shape index (κ3) is 5.38. The van der Waals surface area contributed by atoms with Gasteiger partial charge in [0.2, 0.25) is 0 Å². The highest BCUT2D eigenvalue weighted by atomic mass is 16.2. The number of amides is 4. The number of benzene rings is 2. The molecule has 2 heterocycles. The molecule has 2 aliphatic rings. The Morgan fingerprint density at radius 3 is 1.00 bits per heavy atom. The number of carbonyl (C=O) groups excluding carboxylic acids is 4. The van der Waals surface area contributed by atoms with Crippen molar-refractivity contribution in [3.63, 3.8) is 0 Å². The van der Waals surface area contributed by atoms with Crippen LogP contribution >= 0.6 is 0 Å². The second-order valence-electron chi connectivity index (χ2n) is 9.52. The predicted octanol–water partition coefficient (Wildman–Crippen LogP) is 1.37. The molecule has 2 aromatic carbocycles. The minimum atomic E-state index is -0.217. The van der Waals surface area contributed by atoms with Crippen molar-refractivity contribution in [3.05, 3.63) is 70.8 Å². The highest BCUT2D eigenvalue weighted by molar-refractivity contribution is 6.22. The molecule has 0 radical (unpaired) electrons. The largest absolute Gasteiger partial charge is 0.304 e. The lowest BCUT2D eigenvalue weighted by atomic mass is 10.1. The van der Waals surface area contributed by atoms with E-state index in [1.165, 1.54) is 9.80 Å². The van der Waals surface area contributed by atoms with Gasteiger partial charge in [-0.1, -0.05) is 24.3 Å². The quantitative estimate of drug-likeness (QED) is 0.415. The monoisotopic (exact) mass is 491 g/mol. The summed E-state index contributed by atoms with van der Waals surface area (Å²) in [6.07, 6.45) is 0. The van der Waals surface area contributed by atoms with Gasteiger partial charge < -0.3 is 14.7 Å². The van der Waals surface area contributed by atoms with Crippen LogP contribution in [0.2, 0.25) is 0 Å². The van der Waals surface area contributed by atoms with Crippen molar-refractivity contribution in [2.45, 2.75) is 0 Å². The number of nitrogens with zero attached hydrogens (tertiary/aromatic N) is 5. The maximum absolute atomic E-state index is 12.5. The Balaban J connectivity index is 1.13. The molecule has 0 N–H and O–H groups in total. The Morgan fingerprint density at radius 1 is 0.472 bits per heavy atom. The maximum Gasteiger partial charge on any atom is 0.261 e. The van der Waals surface area contributed by atoms with E-state index in [2.05, 4.69) is 21.7 Å². The van der Waals surface area contributed by atoms with E-state index >= 15 is 0 Å². The van der Waals surface area contributed by atoms with E-state index in [9.17, 15) is 19.2 Å². The van der Waals surface area contributed by atoms with Crippen LogP contribution in [0, 0.1) is 0 Å². The molecule has 190 valence electrons. The SMILES string of the molecule is CN(CCN(C)CCN1C(=O)c2ccccc2C1=O)CCN(C)CCN1C(=O)c2ccccc2C1=O. The first kappa shape index (κ1) is 25.7. The van der Waals surface area contributed by atoms with Crippen molar-refractivity contribution < 1.29 is 19.2 Å². The maximum atomic E-state index is 12.5. The van der Waals surface area contributed by atoms with Crippen LogP contribution in [0.3, 0.4) is 0 Å². The lowest BCUT2D eigenvalue weighted by molar-refractivity contribution is 0.0627. The zero-order valence-corrected chi connectivity index (χ0v) is 21.1. The summed E-state index contributed by atoms with van der Waals surface area (Å²) in [5.74, 6) is -0.869. The van der Waals surface area contributed by atoms with Gasteiger partial charge in [-0.05, 0) is 45.4 Å². The van der Waals surface area contributed by atoms with Gasteiger partial charge in [-0.2, -0.15) is 0 Å². The van der Waals surface area contributed by atoms with Crippen molar-refractivity contribution in [1.29, 1.82) is 0 Å². The number of hydrogen-bond acceptors (Lipinski definition) is 7. The summed E-state index contributed by atoms with van der Waals surface area (Å²) >= 11 is 0. The second kappa shape index (κ2) is 11.1. The summed E-state index contributed by atoms with van der Waals surface area (Å²) in [7, 11) is 6.02. The van der Waals surface area contributed by atoms with Crippen molar-refractivity contribution >= 4 is 23.6 Å². The lowest BCUT2D eigenvalue weighted by Gasteiger charge is -2.26. The van der Waals surface area contributed by atoms with Crippen molar-refractivity contribution in [3.8, 4) is 0 Å². The topological polar surface area (TPSA) is 84.5 Å². The molecule has 0 aliphatic carbocycles. The van der Waals surface area contributed by atoms with E-state index in [4.69, 9.17) is 0 Å². The van der Waals surface area contributed by atoms with Gasteiger partial charge in [0.05, 0.1) is 22.3 Å². The van der Waals surface area contributed by atoms with E-state index in [1.54, 1.807) is 48.5 Å². The minimum Gasteiger partial charge on any atom is -0.304 e. The molecule has 4 rings (SSSR count). The van der Waals surface area contributed by atoms with E-state index < -0.39 is 0 Å². The number of hydrogen-bond donors (Lipinski definition) is 0. The fourth-order valence-electron chi connectivity index (χ4n) is 4.44. The normalized spacial score (nSPS) is 15.2. The summed E-state index contributed by atoms with van der Waals surface area (Å²) in [4.78, 5) is 59.1. The minimum absolute atomic E-state index is 0.217. The van der Waals surface area contributed by atoms with Crippen LogP contribution in [-0.2, 0) is 0 Å². The fraction of sp³-hybridized carbons (Fsp3) is 0.407. The molecule has 0 aromatic heterocycles. The van der Waals surface area contributed by atoms with Crippen molar-refractivity contribution in [2.24, 2.45) is 0 Å². The summed E-state index contributed by atoms with van der Waals surface area (Å²) in [5.41, 5.74) is 1.93. The average Bonchev–Trinajstić information content (AvgIpc) is 3.28. The molecule has 36 heavy (non-hydrogen) atoms. The van der Waals surface area contributed by atoms with Crippen LogP contribution in [0.15, 0.2) is 48.5 Å². The highest BCUT2D eigenvalue weighted by Crippen LogP contribution is 2.23. The summed E-state index contributed by atoms with van der Waals surface area (Å²) < 4.78 is 0. The summed E-state index contributed by atoms with van der Waals surface area (Å²) in [6, 6.07) is 13.9. The number of fused-ring (bicyclic) bond motifs is 2. The van der Waals surface area contributed by atoms with Gasteiger partial charge in [-0.3, -0.25) is 29.0 Å². The number of carbonyl (C=O) groups is 4. The van der Waals surface area contributed by atoms with Gasteiger partial charge in [0.15, 0.2) is 0 Å². The summed E-state index contributed by atoms with van der Waals surface area (Å²) in [6.45, 7) is 5.24. The Hall–Kier alpha value is -3.40. The predicted molar refractivity (Wildman–Crippen MR) is 136 cm³/mol. The molecule has 9 heteroatoms. The number of imide groups is 2. The molecule has 4 amide bonds. The number of rotatable bonds is 12. The van der Waals surface area contributed by atoms with Crippen LogP contribution in [0.4, 0.5) is 0 Å². The van der Waals surface area contributed by atoms with E-state index in [0.29, 0.717) is 48.4 Å². The summed E-state index contributed by atoms with van der Waals surface area (Å²) in [5, 5.41) is 0.